The number of nitrogens with zero attached hydrogens (tertiary/aromatic N) is 3. The number of piperidine rings is 1. The molecule has 3 rings (SSSR count). The lowest BCUT2D eigenvalue weighted by Crippen LogP contribution is -2.47. The SMILES string of the molecule is N#Cc1ccc(N2CCC3(CCNCC3=O)C2)nc1. The molecule has 0 radical (unpaired) electrons. The Bertz CT molecular complexity index is 533. The fourth-order valence-corrected chi connectivity index (χ4v) is 3.00. The highest BCUT2D eigenvalue weighted by molar-refractivity contribution is 5.88. The van der Waals surface area contributed by atoms with Crippen molar-refractivity contribution >= 4 is 11.6 Å². The van der Waals surface area contributed by atoms with Crippen molar-refractivity contribution in [3.05, 3.63) is 23.9 Å². The molecule has 0 amide bonds. The average Bonchev–Trinajstić information content (AvgIpc) is 2.88. The molecule has 3 heterocycles. The summed E-state index contributed by atoms with van der Waals surface area (Å²) in [6, 6.07) is 5.70. The molecule has 1 N–H and O–H groups in total. The maximum Gasteiger partial charge on any atom is 0.154 e. The molecule has 1 aromatic heterocycles. The van der Waals surface area contributed by atoms with Gasteiger partial charge in [0.15, 0.2) is 5.78 Å². The molecular formula is C14H16N4O. The van der Waals surface area contributed by atoms with Crippen molar-refractivity contribution < 1.29 is 4.79 Å². The summed E-state index contributed by atoms with van der Waals surface area (Å²) in [7, 11) is 0. The number of Topliss-reactive ketones (excluding diaryl/α,β-unsaturated/α-hetero) is 1. The zero-order valence-corrected chi connectivity index (χ0v) is 10.7. The molecule has 1 unspecified atom stereocenters. The second-order valence-electron chi connectivity index (χ2n) is 5.32. The first kappa shape index (κ1) is 12.1. The van der Waals surface area contributed by atoms with Gasteiger partial charge in [0, 0.05) is 19.3 Å². The number of hydrogen-bond acceptors (Lipinski definition) is 5. The predicted molar refractivity (Wildman–Crippen MR) is 70.7 cm³/mol. The molecule has 2 fully saturated rings. The van der Waals surface area contributed by atoms with Crippen molar-refractivity contribution in [1.29, 1.82) is 5.26 Å². The number of carbonyl (C=O) groups excluding carboxylic acids is 1. The lowest BCUT2D eigenvalue weighted by Gasteiger charge is -2.32. The molecular weight excluding hydrogens is 240 g/mol. The molecule has 19 heavy (non-hydrogen) atoms. The van der Waals surface area contributed by atoms with Gasteiger partial charge in [-0.15, -0.1) is 0 Å². The van der Waals surface area contributed by atoms with E-state index in [4.69, 9.17) is 5.26 Å². The lowest BCUT2D eigenvalue weighted by atomic mass is 9.77. The number of nitriles is 1. The average molecular weight is 256 g/mol. The minimum atomic E-state index is -0.180. The molecule has 0 aliphatic carbocycles. The Kier molecular flexibility index (Phi) is 2.96. The Balaban J connectivity index is 1.78. The van der Waals surface area contributed by atoms with Crippen LogP contribution >= 0.6 is 0 Å². The van der Waals surface area contributed by atoms with Crippen molar-refractivity contribution in [2.45, 2.75) is 12.8 Å². The molecule has 0 saturated carbocycles. The van der Waals surface area contributed by atoms with Crippen LogP contribution in [0.5, 0.6) is 0 Å². The number of hydrogen-bond donors (Lipinski definition) is 1. The van der Waals surface area contributed by atoms with E-state index >= 15 is 0 Å². The van der Waals surface area contributed by atoms with E-state index in [0.29, 0.717) is 17.9 Å². The summed E-state index contributed by atoms with van der Waals surface area (Å²) in [5.74, 6) is 1.19. The van der Waals surface area contributed by atoms with Crippen LogP contribution < -0.4 is 10.2 Å². The van der Waals surface area contributed by atoms with Crippen LogP contribution in [0.4, 0.5) is 5.82 Å². The van der Waals surface area contributed by atoms with Gasteiger partial charge in [0.1, 0.15) is 11.9 Å². The molecule has 2 saturated heterocycles. The molecule has 5 heteroatoms. The fourth-order valence-electron chi connectivity index (χ4n) is 3.00. The molecule has 1 aromatic rings. The zero-order valence-electron chi connectivity index (χ0n) is 10.7. The van der Waals surface area contributed by atoms with E-state index in [0.717, 1.165) is 38.3 Å². The van der Waals surface area contributed by atoms with E-state index in [2.05, 4.69) is 21.3 Å². The molecule has 0 bridgehead atoms. The summed E-state index contributed by atoms with van der Waals surface area (Å²) < 4.78 is 0. The first-order valence-electron chi connectivity index (χ1n) is 6.59. The van der Waals surface area contributed by atoms with Crippen LogP contribution in [0.25, 0.3) is 0 Å². The summed E-state index contributed by atoms with van der Waals surface area (Å²) in [5.41, 5.74) is 0.386. The molecule has 1 atom stereocenters. The van der Waals surface area contributed by atoms with E-state index in [9.17, 15) is 4.79 Å². The molecule has 1 spiro atoms. The van der Waals surface area contributed by atoms with E-state index < -0.39 is 0 Å². The van der Waals surface area contributed by atoms with Gasteiger partial charge in [0.2, 0.25) is 0 Å². The van der Waals surface area contributed by atoms with Crippen LogP contribution in [0, 0.1) is 16.7 Å². The number of aromatic nitrogens is 1. The smallest absolute Gasteiger partial charge is 0.154 e. The van der Waals surface area contributed by atoms with Crippen LogP contribution in [-0.4, -0.2) is 36.9 Å². The van der Waals surface area contributed by atoms with E-state index in [1.165, 1.54) is 0 Å². The Labute approximate surface area is 112 Å². The van der Waals surface area contributed by atoms with Crippen LogP contribution in [-0.2, 0) is 4.79 Å². The molecule has 5 nitrogen and oxygen atoms in total. The highest BCUT2D eigenvalue weighted by Crippen LogP contribution is 2.37. The molecule has 98 valence electrons. The van der Waals surface area contributed by atoms with Crippen LogP contribution in [0.2, 0.25) is 0 Å². The van der Waals surface area contributed by atoms with Gasteiger partial charge in [0.05, 0.1) is 17.5 Å². The van der Waals surface area contributed by atoms with Crippen molar-refractivity contribution in [1.82, 2.24) is 10.3 Å². The minimum Gasteiger partial charge on any atom is -0.356 e. The van der Waals surface area contributed by atoms with Crippen molar-refractivity contribution in [2.75, 3.05) is 31.1 Å². The third-order valence-corrected chi connectivity index (χ3v) is 4.21. The number of pyridine rings is 1. The van der Waals surface area contributed by atoms with Crippen LogP contribution in [0.15, 0.2) is 18.3 Å². The normalized spacial score (nSPS) is 26.7. The van der Waals surface area contributed by atoms with Gasteiger partial charge in [0.25, 0.3) is 0 Å². The third kappa shape index (κ3) is 2.08. The maximum atomic E-state index is 12.1. The monoisotopic (exact) mass is 256 g/mol. The van der Waals surface area contributed by atoms with Crippen molar-refractivity contribution in [3.63, 3.8) is 0 Å². The first-order valence-corrected chi connectivity index (χ1v) is 6.59. The Morgan fingerprint density at radius 3 is 3.00 bits per heavy atom. The molecule has 2 aliphatic rings. The van der Waals surface area contributed by atoms with Gasteiger partial charge in [-0.05, 0) is 31.5 Å². The van der Waals surface area contributed by atoms with Gasteiger partial charge in [-0.25, -0.2) is 4.98 Å². The first-order chi connectivity index (χ1) is 9.23. The van der Waals surface area contributed by atoms with Crippen LogP contribution in [0.1, 0.15) is 18.4 Å². The standard InChI is InChI=1S/C14H16N4O/c15-7-11-1-2-13(17-8-11)18-6-4-14(10-18)3-5-16-9-12(14)19/h1-2,8,16H,3-6,9-10H2. The van der Waals surface area contributed by atoms with Gasteiger partial charge in [-0.1, -0.05) is 0 Å². The second kappa shape index (κ2) is 4.63. The van der Waals surface area contributed by atoms with Gasteiger partial charge in [-0.2, -0.15) is 5.26 Å². The number of nitrogens with one attached hydrogen (secondary N) is 1. The third-order valence-electron chi connectivity index (χ3n) is 4.21. The number of rotatable bonds is 1. The Morgan fingerprint density at radius 1 is 1.42 bits per heavy atom. The predicted octanol–water partition coefficient (Wildman–Crippen LogP) is 0.712. The maximum absolute atomic E-state index is 12.1. The summed E-state index contributed by atoms with van der Waals surface area (Å²) in [5, 5.41) is 11.9. The molecule has 2 aliphatic heterocycles. The highest BCUT2D eigenvalue weighted by Gasteiger charge is 2.45. The number of ketones is 1. The van der Waals surface area contributed by atoms with Gasteiger partial charge >= 0.3 is 0 Å². The highest BCUT2D eigenvalue weighted by atomic mass is 16.1. The fraction of sp³-hybridized carbons (Fsp3) is 0.500. The quantitative estimate of drug-likeness (QED) is 0.801. The van der Waals surface area contributed by atoms with E-state index in [-0.39, 0.29) is 5.41 Å². The Hall–Kier alpha value is -1.93. The van der Waals surface area contributed by atoms with E-state index in [1.807, 2.05) is 6.07 Å². The molecule has 0 aromatic carbocycles. The summed E-state index contributed by atoms with van der Waals surface area (Å²) in [6.45, 7) is 3.03. The lowest BCUT2D eigenvalue weighted by molar-refractivity contribution is -0.128. The van der Waals surface area contributed by atoms with Crippen molar-refractivity contribution in [2.24, 2.45) is 5.41 Å². The second-order valence-corrected chi connectivity index (χ2v) is 5.32. The van der Waals surface area contributed by atoms with Crippen molar-refractivity contribution in [3.8, 4) is 6.07 Å². The zero-order chi connectivity index (χ0) is 13.3. The topological polar surface area (TPSA) is 69.0 Å². The minimum absolute atomic E-state index is 0.180. The van der Waals surface area contributed by atoms with Crippen LogP contribution in [0.3, 0.4) is 0 Å². The number of anilines is 1. The van der Waals surface area contributed by atoms with Gasteiger partial charge in [-0.3, -0.25) is 4.79 Å². The summed E-state index contributed by atoms with van der Waals surface area (Å²) in [6.07, 6.45) is 3.42. The summed E-state index contributed by atoms with van der Waals surface area (Å²) >= 11 is 0. The largest absolute Gasteiger partial charge is 0.356 e. The number of carbonyl (C=O) groups is 1. The Morgan fingerprint density at radius 2 is 2.32 bits per heavy atom. The van der Waals surface area contributed by atoms with E-state index in [1.54, 1.807) is 12.3 Å². The van der Waals surface area contributed by atoms with Gasteiger partial charge < -0.3 is 10.2 Å². The summed E-state index contributed by atoms with van der Waals surface area (Å²) in [4.78, 5) is 18.6.